The van der Waals surface area contributed by atoms with E-state index in [2.05, 4.69) is 17.1 Å². The zero-order chi connectivity index (χ0) is 15.0. The van der Waals surface area contributed by atoms with Gasteiger partial charge in [0.15, 0.2) is 0 Å². The number of hydrogen-bond donors (Lipinski definition) is 1. The van der Waals surface area contributed by atoms with Crippen molar-refractivity contribution in [1.29, 1.82) is 0 Å². The van der Waals surface area contributed by atoms with Crippen molar-refractivity contribution in [3.63, 3.8) is 0 Å². The quantitative estimate of drug-likeness (QED) is 0.556. The molecule has 0 unspecified atom stereocenters. The van der Waals surface area contributed by atoms with Gasteiger partial charge in [-0.3, -0.25) is 15.0 Å². The molecule has 0 amide bonds. The molecule has 6 heteroatoms. The van der Waals surface area contributed by atoms with E-state index in [1.165, 1.54) is 6.07 Å². The van der Waals surface area contributed by atoms with Crippen LogP contribution < -0.4 is 5.32 Å². The first-order valence-corrected chi connectivity index (χ1v) is 6.84. The van der Waals surface area contributed by atoms with Gasteiger partial charge in [-0.05, 0) is 25.1 Å². The van der Waals surface area contributed by atoms with Crippen LogP contribution in [0.1, 0.15) is 19.4 Å². The van der Waals surface area contributed by atoms with Crippen molar-refractivity contribution >= 4 is 11.4 Å². The van der Waals surface area contributed by atoms with Crippen molar-refractivity contribution in [3.8, 4) is 0 Å². The van der Waals surface area contributed by atoms with Gasteiger partial charge in [0.2, 0.25) is 0 Å². The maximum absolute atomic E-state index is 10.9. The van der Waals surface area contributed by atoms with E-state index >= 15 is 0 Å². The van der Waals surface area contributed by atoms with Gasteiger partial charge in [0.1, 0.15) is 0 Å². The third-order valence-electron chi connectivity index (χ3n) is 3.12. The molecule has 0 atom stereocenters. The minimum absolute atomic E-state index is 0.129. The van der Waals surface area contributed by atoms with E-state index in [9.17, 15) is 10.1 Å². The summed E-state index contributed by atoms with van der Waals surface area (Å²) >= 11 is 0. The summed E-state index contributed by atoms with van der Waals surface area (Å²) in [6, 6.07) is 4.96. The van der Waals surface area contributed by atoms with Gasteiger partial charge in [0.05, 0.1) is 11.5 Å². The van der Waals surface area contributed by atoms with Crippen LogP contribution in [-0.2, 0) is 11.3 Å². The lowest BCUT2D eigenvalue weighted by Crippen LogP contribution is -2.27. The van der Waals surface area contributed by atoms with Gasteiger partial charge in [-0.25, -0.2) is 0 Å². The van der Waals surface area contributed by atoms with E-state index in [1.54, 1.807) is 19.2 Å². The molecule has 0 radical (unpaired) electrons. The van der Waals surface area contributed by atoms with E-state index in [-0.39, 0.29) is 10.6 Å². The minimum atomic E-state index is -0.356. The molecule has 0 aromatic heterocycles. The third-order valence-corrected chi connectivity index (χ3v) is 3.12. The number of nitro groups is 1. The molecule has 0 saturated heterocycles. The van der Waals surface area contributed by atoms with Gasteiger partial charge in [-0.15, -0.1) is 0 Å². The van der Waals surface area contributed by atoms with E-state index in [0.29, 0.717) is 13.2 Å². The summed E-state index contributed by atoms with van der Waals surface area (Å²) in [5.74, 6) is 0. The number of likely N-dealkylation sites (N-methyl/N-ethyl adjacent to an activating group) is 1. The van der Waals surface area contributed by atoms with Gasteiger partial charge in [-0.1, -0.05) is 6.92 Å². The topological polar surface area (TPSA) is 67.6 Å². The zero-order valence-electron chi connectivity index (χ0n) is 12.4. The number of ether oxygens (including phenoxy) is 1. The highest BCUT2D eigenvalue weighted by atomic mass is 16.6. The number of hydrogen-bond acceptors (Lipinski definition) is 5. The highest BCUT2D eigenvalue weighted by Gasteiger charge is 2.13. The SMILES string of the molecule is CCNc1ccc([N+](=O)[O-])cc1CN(CC)CCOC. The Labute approximate surface area is 119 Å². The summed E-state index contributed by atoms with van der Waals surface area (Å²) in [5.41, 5.74) is 2.03. The van der Waals surface area contributed by atoms with Crippen molar-refractivity contribution in [2.45, 2.75) is 20.4 Å². The summed E-state index contributed by atoms with van der Waals surface area (Å²) in [6.07, 6.45) is 0. The first-order valence-electron chi connectivity index (χ1n) is 6.84. The number of nitrogens with zero attached hydrogens (tertiary/aromatic N) is 2. The lowest BCUT2D eigenvalue weighted by molar-refractivity contribution is -0.384. The molecule has 6 nitrogen and oxygen atoms in total. The molecular formula is C14H23N3O3. The van der Waals surface area contributed by atoms with Crippen LogP contribution in [0.4, 0.5) is 11.4 Å². The normalized spacial score (nSPS) is 10.8. The van der Waals surface area contributed by atoms with E-state index < -0.39 is 0 Å². The van der Waals surface area contributed by atoms with Crippen molar-refractivity contribution in [3.05, 3.63) is 33.9 Å². The number of benzene rings is 1. The Hall–Kier alpha value is -1.66. The largest absolute Gasteiger partial charge is 0.385 e. The molecule has 1 rings (SSSR count). The number of rotatable bonds is 9. The van der Waals surface area contributed by atoms with Crippen LogP contribution in [0.2, 0.25) is 0 Å². The fraction of sp³-hybridized carbons (Fsp3) is 0.571. The zero-order valence-corrected chi connectivity index (χ0v) is 12.4. The number of nitro benzene ring substituents is 1. The second kappa shape index (κ2) is 8.50. The molecule has 0 bridgehead atoms. The number of nitrogens with one attached hydrogen (secondary N) is 1. The molecule has 0 fully saturated rings. The Morgan fingerprint density at radius 1 is 1.40 bits per heavy atom. The molecule has 0 saturated carbocycles. The monoisotopic (exact) mass is 281 g/mol. The minimum Gasteiger partial charge on any atom is -0.385 e. The molecule has 0 aliphatic carbocycles. The van der Waals surface area contributed by atoms with Gasteiger partial charge in [0, 0.05) is 44.6 Å². The van der Waals surface area contributed by atoms with E-state index in [4.69, 9.17) is 4.74 Å². The number of methoxy groups -OCH3 is 1. The average molecular weight is 281 g/mol. The molecule has 1 aromatic carbocycles. The Morgan fingerprint density at radius 3 is 2.70 bits per heavy atom. The molecule has 1 N–H and O–H groups in total. The molecule has 0 spiro atoms. The van der Waals surface area contributed by atoms with Crippen LogP contribution >= 0.6 is 0 Å². The van der Waals surface area contributed by atoms with Gasteiger partial charge in [-0.2, -0.15) is 0 Å². The van der Waals surface area contributed by atoms with Crippen LogP contribution in [0.5, 0.6) is 0 Å². The van der Waals surface area contributed by atoms with E-state index in [1.807, 2.05) is 6.92 Å². The van der Waals surface area contributed by atoms with Gasteiger partial charge >= 0.3 is 0 Å². The maximum atomic E-state index is 10.9. The summed E-state index contributed by atoms with van der Waals surface area (Å²) in [6.45, 7) is 7.87. The van der Waals surface area contributed by atoms with Crippen LogP contribution in [0.15, 0.2) is 18.2 Å². The van der Waals surface area contributed by atoms with Crippen molar-refractivity contribution in [1.82, 2.24) is 4.90 Å². The summed E-state index contributed by atoms with van der Waals surface area (Å²) in [4.78, 5) is 12.7. The number of anilines is 1. The Balaban J connectivity index is 2.92. The first kappa shape index (κ1) is 16.4. The molecule has 0 aliphatic rings. The smallest absolute Gasteiger partial charge is 0.269 e. The van der Waals surface area contributed by atoms with Crippen LogP contribution in [-0.4, -0.2) is 43.2 Å². The average Bonchev–Trinajstić information content (AvgIpc) is 2.44. The lowest BCUT2D eigenvalue weighted by Gasteiger charge is -2.21. The van der Waals surface area contributed by atoms with Crippen LogP contribution in [0, 0.1) is 10.1 Å². The highest BCUT2D eigenvalue weighted by molar-refractivity contribution is 5.56. The Morgan fingerprint density at radius 2 is 2.15 bits per heavy atom. The fourth-order valence-electron chi connectivity index (χ4n) is 2.00. The van der Waals surface area contributed by atoms with Crippen LogP contribution in [0.3, 0.4) is 0 Å². The van der Waals surface area contributed by atoms with Gasteiger partial charge < -0.3 is 10.1 Å². The second-order valence-electron chi connectivity index (χ2n) is 4.49. The lowest BCUT2D eigenvalue weighted by atomic mass is 10.1. The highest BCUT2D eigenvalue weighted by Crippen LogP contribution is 2.23. The summed E-state index contributed by atoms with van der Waals surface area (Å²) in [5, 5.41) is 14.1. The van der Waals surface area contributed by atoms with Crippen molar-refractivity contribution in [2.75, 3.05) is 38.7 Å². The Bertz CT molecular complexity index is 438. The van der Waals surface area contributed by atoms with Crippen molar-refractivity contribution < 1.29 is 9.66 Å². The molecule has 1 aromatic rings. The van der Waals surface area contributed by atoms with Gasteiger partial charge in [0.25, 0.3) is 5.69 Å². The standard InChI is InChI=1S/C14H23N3O3/c1-4-15-14-7-6-13(17(18)19)10-12(14)11-16(5-2)8-9-20-3/h6-7,10,15H,4-5,8-9,11H2,1-3H3. The summed E-state index contributed by atoms with van der Waals surface area (Å²) < 4.78 is 5.09. The molecule has 0 aliphatic heterocycles. The molecule has 20 heavy (non-hydrogen) atoms. The molecular weight excluding hydrogens is 258 g/mol. The fourth-order valence-corrected chi connectivity index (χ4v) is 2.00. The van der Waals surface area contributed by atoms with Crippen molar-refractivity contribution in [2.24, 2.45) is 0 Å². The Kier molecular flexibility index (Phi) is 6.97. The predicted octanol–water partition coefficient (Wildman–Crippen LogP) is 2.49. The maximum Gasteiger partial charge on any atom is 0.269 e. The van der Waals surface area contributed by atoms with E-state index in [0.717, 1.165) is 30.9 Å². The number of non-ortho nitro benzene ring substituents is 1. The second-order valence-corrected chi connectivity index (χ2v) is 4.49. The molecule has 112 valence electrons. The summed E-state index contributed by atoms with van der Waals surface area (Å²) in [7, 11) is 1.67. The predicted molar refractivity (Wildman–Crippen MR) is 80.1 cm³/mol. The molecule has 0 heterocycles. The third kappa shape index (κ3) is 4.79. The van der Waals surface area contributed by atoms with Crippen LogP contribution in [0.25, 0.3) is 0 Å². The first-order chi connectivity index (χ1) is 9.62.